The molecule has 33 heavy (non-hydrogen) atoms. The molecule has 8 nitrogen and oxygen atoms in total. The molecule has 0 bridgehead atoms. The number of aliphatic hydroxyl groups is 1. The summed E-state index contributed by atoms with van der Waals surface area (Å²) in [7, 11) is -0.251. The van der Waals surface area contributed by atoms with E-state index >= 15 is 0 Å². The molecule has 4 atom stereocenters. The number of methoxy groups -OCH3 is 1. The van der Waals surface area contributed by atoms with Gasteiger partial charge in [0.1, 0.15) is 5.75 Å². The minimum atomic E-state index is -3.85. The van der Waals surface area contributed by atoms with E-state index in [1.165, 1.54) is 4.31 Å². The Bertz CT molecular complexity index is 1230. The van der Waals surface area contributed by atoms with E-state index in [4.69, 9.17) is 4.74 Å². The van der Waals surface area contributed by atoms with E-state index in [-0.39, 0.29) is 35.8 Å². The minimum Gasteiger partial charge on any atom is -0.497 e. The normalized spacial score (nSPS) is 26.8. The van der Waals surface area contributed by atoms with Gasteiger partial charge < -0.3 is 14.7 Å². The fraction of sp³-hybridized carbons (Fsp3) is 0.417. The summed E-state index contributed by atoms with van der Waals surface area (Å²) < 4.78 is 33.9. The van der Waals surface area contributed by atoms with Gasteiger partial charge in [0.2, 0.25) is 0 Å². The number of nitrogens with zero attached hydrogens (tertiary/aromatic N) is 4. The fourth-order valence-electron chi connectivity index (χ4n) is 5.30. The first-order valence-corrected chi connectivity index (χ1v) is 12.5. The second-order valence-corrected chi connectivity index (χ2v) is 10.6. The average molecular weight is 469 g/mol. The Labute approximate surface area is 194 Å². The van der Waals surface area contributed by atoms with Crippen LogP contribution in [0.5, 0.6) is 5.75 Å². The van der Waals surface area contributed by atoms with Crippen molar-refractivity contribution in [3.05, 3.63) is 48.0 Å². The van der Waals surface area contributed by atoms with Gasteiger partial charge in [-0.05, 0) is 54.3 Å². The second kappa shape index (κ2) is 8.23. The average Bonchev–Trinajstić information content (AvgIpc) is 3.47. The lowest BCUT2D eigenvalue weighted by Gasteiger charge is -2.44. The number of ether oxygens (including phenoxy) is 1. The molecular weight excluding hydrogens is 440 g/mol. The SMILES string of the molecule is COc1ccc(-c2ccc3c(c2)[C@H]2[C@H](CCN2S(=O)(=O)C2=NC(C)C=N2)[C@@H](CO)N3C)cc1. The first kappa shape index (κ1) is 22.1. The summed E-state index contributed by atoms with van der Waals surface area (Å²) in [5.41, 5.74) is 3.89. The molecule has 0 amide bonds. The van der Waals surface area contributed by atoms with Crippen LogP contribution in [0.4, 0.5) is 5.69 Å². The summed E-state index contributed by atoms with van der Waals surface area (Å²) in [5.74, 6) is 0.749. The molecule has 5 rings (SSSR count). The molecule has 9 heteroatoms. The summed E-state index contributed by atoms with van der Waals surface area (Å²) >= 11 is 0. The number of benzene rings is 2. The molecule has 0 radical (unpaired) electrons. The molecule has 1 unspecified atom stereocenters. The molecule has 2 aromatic rings. The second-order valence-electron chi connectivity index (χ2n) is 8.81. The molecule has 3 aliphatic heterocycles. The Morgan fingerprint density at radius 3 is 2.52 bits per heavy atom. The lowest BCUT2D eigenvalue weighted by atomic mass is 9.81. The summed E-state index contributed by atoms with van der Waals surface area (Å²) in [5, 5.41) is 10.1. The number of fused-ring (bicyclic) bond motifs is 3. The molecule has 2 aromatic carbocycles. The minimum absolute atomic E-state index is 0.0307. The maximum absolute atomic E-state index is 13.5. The molecule has 0 saturated carbocycles. The molecule has 3 heterocycles. The predicted octanol–water partition coefficient (Wildman–Crippen LogP) is 2.69. The zero-order chi connectivity index (χ0) is 23.3. The van der Waals surface area contributed by atoms with Crippen molar-refractivity contribution in [2.75, 3.05) is 32.2 Å². The van der Waals surface area contributed by atoms with Gasteiger partial charge in [0.05, 0.1) is 31.8 Å². The smallest absolute Gasteiger partial charge is 0.278 e. The number of aliphatic hydroxyl groups excluding tert-OH is 1. The van der Waals surface area contributed by atoms with Crippen LogP contribution < -0.4 is 9.64 Å². The maximum atomic E-state index is 13.5. The van der Waals surface area contributed by atoms with Crippen LogP contribution in [0.3, 0.4) is 0 Å². The van der Waals surface area contributed by atoms with Crippen LogP contribution in [0.25, 0.3) is 11.1 Å². The van der Waals surface area contributed by atoms with Crippen molar-refractivity contribution in [3.63, 3.8) is 0 Å². The summed E-state index contributed by atoms with van der Waals surface area (Å²) in [6.45, 7) is 2.14. The van der Waals surface area contributed by atoms with E-state index < -0.39 is 10.0 Å². The number of aliphatic imine (C=N–C) groups is 2. The number of sulfonamides is 1. The third-order valence-electron chi connectivity index (χ3n) is 6.98. The van der Waals surface area contributed by atoms with Crippen molar-refractivity contribution in [2.45, 2.75) is 31.5 Å². The van der Waals surface area contributed by atoms with Gasteiger partial charge in [-0.1, -0.05) is 18.2 Å². The highest BCUT2D eigenvalue weighted by molar-refractivity contribution is 8.04. The zero-order valence-electron chi connectivity index (χ0n) is 18.9. The summed E-state index contributed by atoms with van der Waals surface area (Å²) in [6, 6.07) is 13.1. The molecule has 1 saturated heterocycles. The lowest BCUT2D eigenvalue weighted by Crippen LogP contribution is -2.48. The predicted molar refractivity (Wildman–Crippen MR) is 130 cm³/mol. The van der Waals surface area contributed by atoms with E-state index in [2.05, 4.69) is 21.0 Å². The van der Waals surface area contributed by atoms with Gasteiger partial charge in [-0.3, -0.25) is 0 Å². The van der Waals surface area contributed by atoms with Crippen LogP contribution in [-0.4, -0.2) is 68.6 Å². The van der Waals surface area contributed by atoms with Gasteiger partial charge >= 0.3 is 0 Å². The van der Waals surface area contributed by atoms with Crippen LogP contribution in [0, 0.1) is 5.92 Å². The van der Waals surface area contributed by atoms with E-state index in [0.29, 0.717) is 13.0 Å². The van der Waals surface area contributed by atoms with Gasteiger partial charge in [0.25, 0.3) is 15.2 Å². The molecule has 1 fully saturated rings. The molecule has 0 aliphatic carbocycles. The number of amidine groups is 1. The Balaban J connectivity index is 1.61. The maximum Gasteiger partial charge on any atom is 0.278 e. The molecule has 0 spiro atoms. The van der Waals surface area contributed by atoms with Crippen LogP contribution in [0.15, 0.2) is 52.4 Å². The Kier molecular flexibility index (Phi) is 5.50. The topological polar surface area (TPSA) is 94.8 Å². The van der Waals surface area contributed by atoms with Crippen molar-refractivity contribution < 1.29 is 18.3 Å². The van der Waals surface area contributed by atoms with Gasteiger partial charge in [0.15, 0.2) is 0 Å². The fourth-order valence-corrected chi connectivity index (χ4v) is 6.91. The first-order valence-electron chi connectivity index (χ1n) is 11.1. The molecule has 3 aliphatic rings. The Morgan fingerprint density at radius 2 is 1.88 bits per heavy atom. The Morgan fingerprint density at radius 1 is 1.15 bits per heavy atom. The van der Waals surface area contributed by atoms with E-state index in [9.17, 15) is 13.5 Å². The highest BCUT2D eigenvalue weighted by Crippen LogP contribution is 2.50. The Hall–Kier alpha value is -2.75. The van der Waals surface area contributed by atoms with Gasteiger partial charge in [0, 0.05) is 31.4 Å². The van der Waals surface area contributed by atoms with Crippen molar-refractivity contribution >= 4 is 27.1 Å². The number of rotatable bonds is 4. The molecule has 1 N–H and O–H groups in total. The van der Waals surface area contributed by atoms with E-state index in [1.54, 1.807) is 13.3 Å². The number of anilines is 1. The molecular formula is C24H28N4O4S. The van der Waals surface area contributed by atoms with Crippen molar-refractivity contribution in [3.8, 4) is 16.9 Å². The number of likely N-dealkylation sites (N-methyl/N-ethyl adjacent to an activating group) is 1. The van der Waals surface area contributed by atoms with Crippen molar-refractivity contribution in [2.24, 2.45) is 15.9 Å². The lowest BCUT2D eigenvalue weighted by molar-refractivity contribution is 0.193. The van der Waals surface area contributed by atoms with E-state index in [1.807, 2.05) is 50.4 Å². The highest BCUT2D eigenvalue weighted by atomic mass is 32.2. The molecule has 174 valence electrons. The van der Waals surface area contributed by atoms with Crippen LogP contribution >= 0.6 is 0 Å². The number of hydrogen-bond acceptors (Lipinski definition) is 7. The van der Waals surface area contributed by atoms with Crippen molar-refractivity contribution in [1.82, 2.24) is 4.31 Å². The van der Waals surface area contributed by atoms with Crippen LogP contribution in [0.1, 0.15) is 24.9 Å². The van der Waals surface area contributed by atoms with Gasteiger partial charge in [-0.25, -0.2) is 18.4 Å². The van der Waals surface area contributed by atoms with E-state index in [0.717, 1.165) is 28.1 Å². The van der Waals surface area contributed by atoms with Gasteiger partial charge in [-0.2, -0.15) is 4.31 Å². The molecule has 0 aromatic heterocycles. The highest BCUT2D eigenvalue weighted by Gasteiger charge is 2.51. The van der Waals surface area contributed by atoms with Gasteiger partial charge in [-0.15, -0.1) is 0 Å². The third kappa shape index (κ3) is 3.55. The largest absolute Gasteiger partial charge is 0.497 e. The first-order chi connectivity index (χ1) is 15.8. The zero-order valence-corrected chi connectivity index (χ0v) is 19.7. The summed E-state index contributed by atoms with van der Waals surface area (Å²) in [6.07, 6.45) is 2.22. The summed E-state index contributed by atoms with van der Waals surface area (Å²) in [4.78, 5) is 10.4. The van der Waals surface area contributed by atoms with Crippen molar-refractivity contribution in [1.29, 1.82) is 0 Å². The quantitative estimate of drug-likeness (QED) is 0.745. The third-order valence-corrected chi connectivity index (χ3v) is 8.68. The number of hydrogen-bond donors (Lipinski definition) is 1. The standard InChI is InChI=1S/C24H28N4O4S/c1-15-13-25-24(26-15)33(30,31)28-11-10-19-22(14-29)27(2)21-9-6-17(12-20(21)23(19)28)16-4-7-18(32-3)8-5-16/h4-9,12-13,15,19,22-23,29H,10-11,14H2,1-3H3/t15?,19-,22-,23-/m1/s1. The van der Waals surface area contributed by atoms with Crippen LogP contribution in [-0.2, 0) is 10.0 Å². The van der Waals surface area contributed by atoms with Crippen LogP contribution in [0.2, 0.25) is 0 Å². The monoisotopic (exact) mass is 468 g/mol.